The maximum atomic E-state index is 12.7. The monoisotopic (exact) mass is 265 g/mol. The predicted octanol–water partition coefficient (Wildman–Crippen LogP) is 1.89. The second-order valence-electron chi connectivity index (χ2n) is 5.23. The minimum Gasteiger partial charge on any atom is -0.361 e. The van der Waals surface area contributed by atoms with Crippen LogP contribution in [0.5, 0.6) is 0 Å². The molecule has 0 aromatic carbocycles. The Morgan fingerprint density at radius 2 is 2.16 bits per heavy atom. The third-order valence-electron chi connectivity index (χ3n) is 3.97. The van der Waals surface area contributed by atoms with E-state index >= 15 is 0 Å². The van der Waals surface area contributed by atoms with Gasteiger partial charge in [0.25, 0.3) is 5.91 Å². The first-order valence-corrected chi connectivity index (χ1v) is 7.05. The number of rotatable bonds is 3. The molecule has 2 atom stereocenters. The zero-order chi connectivity index (χ0) is 14.0. The summed E-state index contributed by atoms with van der Waals surface area (Å²) in [5.74, 6) is 0.673. The molecule has 2 heterocycles. The lowest BCUT2D eigenvalue weighted by Crippen LogP contribution is -2.58. The van der Waals surface area contributed by atoms with E-state index in [9.17, 15) is 4.79 Å². The van der Waals surface area contributed by atoms with E-state index < -0.39 is 0 Å². The summed E-state index contributed by atoms with van der Waals surface area (Å²) in [6.45, 7) is 9.51. The zero-order valence-corrected chi connectivity index (χ0v) is 12.2. The van der Waals surface area contributed by atoms with E-state index in [1.165, 1.54) is 0 Å². The van der Waals surface area contributed by atoms with Gasteiger partial charge in [0.2, 0.25) is 0 Å². The molecule has 0 saturated carbocycles. The van der Waals surface area contributed by atoms with E-state index in [1.807, 2.05) is 11.8 Å². The van der Waals surface area contributed by atoms with Gasteiger partial charge in [0.05, 0.1) is 5.69 Å². The number of hydrogen-bond acceptors (Lipinski definition) is 4. The van der Waals surface area contributed by atoms with Crippen molar-refractivity contribution in [3.05, 3.63) is 17.0 Å². The van der Waals surface area contributed by atoms with Gasteiger partial charge in [-0.15, -0.1) is 0 Å². The number of nitrogens with one attached hydrogen (secondary N) is 1. The number of amides is 1. The van der Waals surface area contributed by atoms with Crippen molar-refractivity contribution in [1.82, 2.24) is 15.4 Å². The molecule has 19 heavy (non-hydrogen) atoms. The molecule has 1 aromatic heterocycles. The molecule has 2 unspecified atom stereocenters. The van der Waals surface area contributed by atoms with Gasteiger partial charge in [-0.1, -0.05) is 19.0 Å². The quantitative estimate of drug-likeness (QED) is 0.906. The first-order valence-electron chi connectivity index (χ1n) is 7.05. The Bertz CT molecular complexity index is 436. The Labute approximate surface area is 114 Å². The second kappa shape index (κ2) is 5.74. The van der Waals surface area contributed by atoms with Crippen molar-refractivity contribution in [3.8, 4) is 0 Å². The van der Waals surface area contributed by atoms with Gasteiger partial charge in [0, 0.05) is 25.2 Å². The summed E-state index contributed by atoms with van der Waals surface area (Å²) in [6.07, 6.45) is 1.99. The van der Waals surface area contributed by atoms with Crippen LogP contribution in [-0.2, 0) is 0 Å². The van der Waals surface area contributed by atoms with Crippen LogP contribution in [0.15, 0.2) is 4.52 Å². The standard InChI is InChI=1S/C14H23N3O2/c1-5-11-8-17(12(6-2)7-15-11)14(18)13-9(3)16-19-10(13)4/h11-12,15H,5-8H2,1-4H3. The van der Waals surface area contributed by atoms with Gasteiger partial charge >= 0.3 is 0 Å². The van der Waals surface area contributed by atoms with Crippen LogP contribution in [0.25, 0.3) is 0 Å². The van der Waals surface area contributed by atoms with Crippen LogP contribution in [0.4, 0.5) is 0 Å². The van der Waals surface area contributed by atoms with Gasteiger partial charge < -0.3 is 14.7 Å². The molecule has 1 N–H and O–H groups in total. The van der Waals surface area contributed by atoms with E-state index in [0.717, 1.165) is 25.9 Å². The van der Waals surface area contributed by atoms with E-state index in [4.69, 9.17) is 4.52 Å². The average molecular weight is 265 g/mol. The largest absolute Gasteiger partial charge is 0.361 e. The molecule has 106 valence electrons. The SMILES string of the molecule is CCC1CN(C(=O)c2c(C)noc2C)C(CC)CN1. The van der Waals surface area contributed by atoms with Crippen LogP contribution < -0.4 is 5.32 Å². The lowest BCUT2D eigenvalue weighted by molar-refractivity contribution is 0.0573. The lowest BCUT2D eigenvalue weighted by Gasteiger charge is -2.40. The number of piperazine rings is 1. The van der Waals surface area contributed by atoms with Gasteiger partial charge in [-0.25, -0.2) is 0 Å². The Kier molecular flexibility index (Phi) is 4.24. The number of aromatic nitrogens is 1. The minimum absolute atomic E-state index is 0.0584. The van der Waals surface area contributed by atoms with Crippen molar-refractivity contribution in [2.24, 2.45) is 0 Å². The fourth-order valence-corrected chi connectivity index (χ4v) is 2.68. The van der Waals surface area contributed by atoms with Crippen LogP contribution in [0.1, 0.15) is 48.5 Å². The van der Waals surface area contributed by atoms with Crippen molar-refractivity contribution >= 4 is 5.91 Å². The molecule has 1 saturated heterocycles. The molecule has 0 bridgehead atoms. The van der Waals surface area contributed by atoms with Crippen LogP contribution >= 0.6 is 0 Å². The van der Waals surface area contributed by atoms with Gasteiger partial charge in [-0.3, -0.25) is 4.79 Å². The predicted molar refractivity (Wildman–Crippen MR) is 73.2 cm³/mol. The third kappa shape index (κ3) is 2.66. The number of aryl methyl sites for hydroxylation is 2. The van der Waals surface area contributed by atoms with Gasteiger partial charge in [0.15, 0.2) is 0 Å². The Balaban J connectivity index is 2.24. The van der Waals surface area contributed by atoms with Gasteiger partial charge in [-0.05, 0) is 26.7 Å². The van der Waals surface area contributed by atoms with E-state index in [-0.39, 0.29) is 11.9 Å². The van der Waals surface area contributed by atoms with Crippen molar-refractivity contribution in [1.29, 1.82) is 0 Å². The number of carbonyl (C=O) groups excluding carboxylic acids is 1. The third-order valence-corrected chi connectivity index (χ3v) is 3.97. The summed E-state index contributed by atoms with van der Waals surface area (Å²) in [7, 11) is 0. The Morgan fingerprint density at radius 1 is 1.42 bits per heavy atom. The molecular formula is C14H23N3O2. The van der Waals surface area contributed by atoms with Crippen molar-refractivity contribution < 1.29 is 9.32 Å². The van der Waals surface area contributed by atoms with E-state index in [2.05, 4.69) is 24.3 Å². The maximum absolute atomic E-state index is 12.7. The van der Waals surface area contributed by atoms with E-state index in [0.29, 0.717) is 23.1 Å². The summed E-state index contributed by atoms with van der Waals surface area (Å²) in [6, 6.07) is 0.635. The topological polar surface area (TPSA) is 58.4 Å². The summed E-state index contributed by atoms with van der Waals surface area (Å²) in [4.78, 5) is 14.7. The molecule has 1 aromatic rings. The fraction of sp³-hybridized carbons (Fsp3) is 0.714. The smallest absolute Gasteiger partial charge is 0.259 e. The summed E-state index contributed by atoms with van der Waals surface area (Å²) in [5.41, 5.74) is 1.32. The molecule has 1 fully saturated rings. The molecule has 1 aliphatic heterocycles. The maximum Gasteiger partial charge on any atom is 0.259 e. The molecule has 0 spiro atoms. The molecular weight excluding hydrogens is 242 g/mol. The van der Waals surface area contributed by atoms with Gasteiger partial charge in [-0.2, -0.15) is 0 Å². The molecule has 0 radical (unpaired) electrons. The first kappa shape index (κ1) is 14.1. The van der Waals surface area contributed by atoms with Crippen LogP contribution in [0, 0.1) is 13.8 Å². The highest BCUT2D eigenvalue weighted by Crippen LogP contribution is 2.20. The fourth-order valence-electron chi connectivity index (χ4n) is 2.68. The normalized spacial score (nSPS) is 23.7. The zero-order valence-electron chi connectivity index (χ0n) is 12.2. The van der Waals surface area contributed by atoms with Crippen molar-refractivity contribution in [2.75, 3.05) is 13.1 Å². The first-order chi connectivity index (χ1) is 9.08. The molecule has 1 amide bonds. The van der Waals surface area contributed by atoms with Crippen LogP contribution in [0.2, 0.25) is 0 Å². The summed E-state index contributed by atoms with van der Waals surface area (Å²) < 4.78 is 5.12. The van der Waals surface area contributed by atoms with E-state index in [1.54, 1.807) is 6.92 Å². The average Bonchev–Trinajstić information content (AvgIpc) is 2.76. The highest BCUT2D eigenvalue weighted by Gasteiger charge is 2.32. The number of hydrogen-bond donors (Lipinski definition) is 1. The number of carbonyl (C=O) groups is 1. The van der Waals surface area contributed by atoms with Crippen LogP contribution in [0.3, 0.4) is 0 Å². The minimum atomic E-state index is 0.0584. The molecule has 5 nitrogen and oxygen atoms in total. The highest BCUT2D eigenvalue weighted by molar-refractivity contribution is 5.96. The Hall–Kier alpha value is -1.36. The molecule has 0 aliphatic carbocycles. The second-order valence-corrected chi connectivity index (χ2v) is 5.23. The van der Waals surface area contributed by atoms with Crippen molar-refractivity contribution in [2.45, 2.75) is 52.6 Å². The molecule has 1 aliphatic rings. The van der Waals surface area contributed by atoms with Crippen LogP contribution in [-0.4, -0.2) is 41.1 Å². The molecule has 5 heteroatoms. The lowest BCUT2D eigenvalue weighted by atomic mass is 10.0. The summed E-state index contributed by atoms with van der Waals surface area (Å²) in [5, 5.41) is 7.38. The van der Waals surface area contributed by atoms with Gasteiger partial charge in [0.1, 0.15) is 11.3 Å². The number of nitrogens with zero attached hydrogens (tertiary/aromatic N) is 2. The van der Waals surface area contributed by atoms with Crippen molar-refractivity contribution in [3.63, 3.8) is 0 Å². The molecule has 2 rings (SSSR count). The highest BCUT2D eigenvalue weighted by atomic mass is 16.5. The summed E-state index contributed by atoms with van der Waals surface area (Å²) >= 11 is 0. The Morgan fingerprint density at radius 3 is 2.68 bits per heavy atom.